The largest absolute Gasteiger partial charge is 0.331 e. The lowest BCUT2D eigenvalue weighted by molar-refractivity contribution is 0.575. The van der Waals surface area contributed by atoms with E-state index in [4.69, 9.17) is 0 Å². The molecule has 1 aliphatic rings. The highest BCUT2D eigenvalue weighted by Crippen LogP contribution is 2.46. The summed E-state index contributed by atoms with van der Waals surface area (Å²) >= 11 is 3.20. The molecular formula is C14H11BrF2N2O2S. The molecule has 22 heavy (non-hydrogen) atoms. The molecule has 4 nitrogen and oxygen atoms in total. The van der Waals surface area contributed by atoms with Crippen molar-refractivity contribution >= 4 is 43.2 Å². The lowest BCUT2D eigenvalue weighted by atomic mass is 10.2. The van der Waals surface area contributed by atoms with Crippen LogP contribution in [0.2, 0.25) is 0 Å². The van der Waals surface area contributed by atoms with Crippen molar-refractivity contribution in [1.82, 2.24) is 0 Å². The summed E-state index contributed by atoms with van der Waals surface area (Å²) in [4.78, 5) is 0. The second kappa shape index (κ2) is 5.51. The Kier molecular flexibility index (Phi) is 3.82. The molecule has 0 bridgehead atoms. The number of hydrogen-bond acceptors (Lipinski definition) is 2. The molecule has 1 heterocycles. The summed E-state index contributed by atoms with van der Waals surface area (Å²) < 4.78 is 55.5. The summed E-state index contributed by atoms with van der Waals surface area (Å²) in [6.07, 6.45) is 0. The number of rotatable bonds is 3. The Labute approximate surface area is 135 Å². The Hall–Kier alpha value is -1.67. The van der Waals surface area contributed by atoms with Crippen molar-refractivity contribution < 1.29 is 17.2 Å². The van der Waals surface area contributed by atoms with Crippen molar-refractivity contribution in [1.29, 1.82) is 0 Å². The van der Waals surface area contributed by atoms with Crippen molar-refractivity contribution in [2.75, 3.05) is 20.5 Å². The molecule has 2 aromatic carbocycles. The molecule has 0 unspecified atom stereocenters. The first-order chi connectivity index (χ1) is 10.5. The molecule has 0 amide bonds. The molecule has 0 aliphatic carbocycles. The summed E-state index contributed by atoms with van der Waals surface area (Å²) in [5, 5.41) is 0.397. The van der Waals surface area contributed by atoms with Gasteiger partial charge in [0.15, 0.2) is 11.6 Å². The van der Waals surface area contributed by atoms with Crippen LogP contribution in [-0.4, -0.2) is 20.3 Å². The van der Waals surface area contributed by atoms with E-state index in [2.05, 4.69) is 15.9 Å². The normalized spacial score (nSPS) is 16.0. The highest BCUT2D eigenvalue weighted by Gasteiger charge is 2.42. The Morgan fingerprint density at radius 1 is 0.955 bits per heavy atom. The Morgan fingerprint density at radius 2 is 1.55 bits per heavy atom. The third kappa shape index (κ3) is 2.17. The minimum absolute atomic E-state index is 0.159. The molecule has 0 fully saturated rings. The van der Waals surface area contributed by atoms with Gasteiger partial charge >= 0.3 is 10.2 Å². The molecule has 3 rings (SSSR count). The van der Waals surface area contributed by atoms with E-state index in [0.717, 1.165) is 20.7 Å². The van der Waals surface area contributed by atoms with Gasteiger partial charge in [0.05, 0.1) is 11.4 Å². The summed E-state index contributed by atoms with van der Waals surface area (Å²) in [6.45, 7) is 0.159. The standard InChI is InChI=1S/C14H11BrF2N2O2S/c15-8-9-18-12-6-1-2-7-13(12)19(22(18,20)21)14-10(16)4-3-5-11(14)17/h1-7H,8-9H2. The van der Waals surface area contributed by atoms with Crippen molar-refractivity contribution in [2.24, 2.45) is 0 Å². The van der Waals surface area contributed by atoms with Crippen molar-refractivity contribution in [2.45, 2.75) is 0 Å². The summed E-state index contributed by atoms with van der Waals surface area (Å²) in [5.74, 6) is -1.86. The first-order valence-electron chi connectivity index (χ1n) is 6.40. The van der Waals surface area contributed by atoms with Crippen LogP contribution in [0.25, 0.3) is 0 Å². The zero-order valence-corrected chi connectivity index (χ0v) is 13.6. The molecule has 0 N–H and O–H groups in total. The van der Waals surface area contributed by atoms with Gasteiger partial charge in [-0.25, -0.2) is 13.1 Å². The van der Waals surface area contributed by atoms with Crippen LogP contribution in [0.5, 0.6) is 0 Å². The van der Waals surface area contributed by atoms with Crippen LogP contribution < -0.4 is 8.61 Å². The Balaban J connectivity index is 2.28. The second-order valence-electron chi connectivity index (χ2n) is 4.59. The lowest BCUT2D eigenvalue weighted by Gasteiger charge is -2.21. The van der Waals surface area contributed by atoms with Gasteiger partial charge in [-0.3, -0.25) is 4.31 Å². The van der Waals surface area contributed by atoms with E-state index in [9.17, 15) is 17.2 Å². The first-order valence-corrected chi connectivity index (χ1v) is 8.92. The molecule has 8 heteroatoms. The van der Waals surface area contributed by atoms with Gasteiger partial charge in [0.1, 0.15) is 5.69 Å². The Morgan fingerprint density at radius 3 is 2.14 bits per heavy atom. The molecule has 0 spiro atoms. The minimum Gasteiger partial charge on any atom is -0.250 e. The zero-order valence-electron chi connectivity index (χ0n) is 11.2. The summed E-state index contributed by atoms with van der Waals surface area (Å²) in [5.41, 5.74) is 0.0316. The molecule has 116 valence electrons. The van der Waals surface area contributed by atoms with Crippen molar-refractivity contribution in [3.8, 4) is 0 Å². The number of fused-ring (bicyclic) bond motifs is 1. The average Bonchev–Trinajstić information content (AvgIpc) is 2.69. The van der Waals surface area contributed by atoms with Gasteiger partial charge in [0, 0.05) is 11.9 Å². The highest BCUT2D eigenvalue weighted by atomic mass is 79.9. The number of para-hydroxylation sites is 3. The molecule has 0 aromatic heterocycles. The fourth-order valence-corrected chi connectivity index (χ4v) is 4.74. The molecule has 0 atom stereocenters. The number of benzene rings is 2. The number of halogens is 3. The van der Waals surface area contributed by atoms with Crippen LogP contribution in [0.3, 0.4) is 0 Å². The van der Waals surface area contributed by atoms with Crippen molar-refractivity contribution in [3.63, 3.8) is 0 Å². The van der Waals surface area contributed by atoms with E-state index in [0.29, 0.717) is 11.0 Å². The number of anilines is 3. The van der Waals surface area contributed by atoms with E-state index in [1.165, 1.54) is 12.1 Å². The molecule has 2 aromatic rings. The molecule has 1 aliphatic heterocycles. The highest BCUT2D eigenvalue weighted by molar-refractivity contribution is 9.09. The monoisotopic (exact) mass is 388 g/mol. The molecule has 0 saturated heterocycles. The average molecular weight is 389 g/mol. The van der Waals surface area contributed by atoms with Crippen LogP contribution in [-0.2, 0) is 10.2 Å². The summed E-state index contributed by atoms with van der Waals surface area (Å²) in [7, 11) is -4.09. The quantitative estimate of drug-likeness (QED) is 0.754. The fraction of sp³-hybridized carbons (Fsp3) is 0.143. The Bertz CT molecular complexity index is 809. The maximum absolute atomic E-state index is 14.1. The van der Waals surface area contributed by atoms with Crippen LogP contribution in [0.4, 0.5) is 25.8 Å². The topological polar surface area (TPSA) is 40.6 Å². The van der Waals surface area contributed by atoms with Crippen LogP contribution >= 0.6 is 15.9 Å². The first kappa shape index (κ1) is 15.2. The third-order valence-electron chi connectivity index (χ3n) is 3.31. The SMILES string of the molecule is O=S1(=O)N(CCBr)c2ccccc2N1c1c(F)cccc1F. The predicted molar refractivity (Wildman–Crippen MR) is 85.0 cm³/mol. The molecule has 0 saturated carbocycles. The van der Waals surface area contributed by atoms with Crippen LogP contribution in [0.1, 0.15) is 0 Å². The smallest absolute Gasteiger partial charge is 0.250 e. The van der Waals surface area contributed by atoms with Crippen LogP contribution in [0, 0.1) is 11.6 Å². The van der Waals surface area contributed by atoms with E-state index in [1.807, 2.05) is 0 Å². The number of nitrogens with zero attached hydrogens (tertiary/aromatic N) is 2. The molecular weight excluding hydrogens is 378 g/mol. The van der Waals surface area contributed by atoms with Crippen LogP contribution in [0.15, 0.2) is 42.5 Å². The van der Waals surface area contributed by atoms with Gasteiger partial charge in [0.25, 0.3) is 0 Å². The minimum atomic E-state index is -4.09. The number of alkyl halides is 1. The second-order valence-corrected chi connectivity index (χ2v) is 7.09. The van der Waals surface area contributed by atoms with Gasteiger partial charge < -0.3 is 0 Å². The van der Waals surface area contributed by atoms with Gasteiger partial charge in [-0.05, 0) is 24.3 Å². The number of hydrogen-bond donors (Lipinski definition) is 0. The van der Waals surface area contributed by atoms with Crippen molar-refractivity contribution in [3.05, 3.63) is 54.1 Å². The van der Waals surface area contributed by atoms with E-state index in [1.54, 1.807) is 18.2 Å². The van der Waals surface area contributed by atoms with Gasteiger partial charge in [-0.2, -0.15) is 8.42 Å². The summed E-state index contributed by atoms with van der Waals surface area (Å²) in [6, 6.07) is 9.68. The lowest BCUT2D eigenvalue weighted by Crippen LogP contribution is -2.37. The van der Waals surface area contributed by atoms with E-state index >= 15 is 0 Å². The predicted octanol–water partition coefficient (Wildman–Crippen LogP) is 3.56. The van der Waals surface area contributed by atoms with E-state index in [-0.39, 0.29) is 12.2 Å². The maximum atomic E-state index is 14.1. The third-order valence-corrected chi connectivity index (χ3v) is 5.44. The van der Waals surface area contributed by atoms with E-state index < -0.39 is 27.5 Å². The van der Waals surface area contributed by atoms with Gasteiger partial charge in [-0.1, -0.05) is 34.1 Å². The molecule has 0 radical (unpaired) electrons. The zero-order chi connectivity index (χ0) is 15.9. The van der Waals surface area contributed by atoms with Gasteiger partial charge in [-0.15, -0.1) is 0 Å². The maximum Gasteiger partial charge on any atom is 0.331 e. The van der Waals surface area contributed by atoms with Gasteiger partial charge in [0.2, 0.25) is 0 Å². The fourth-order valence-electron chi connectivity index (χ4n) is 2.43.